The summed E-state index contributed by atoms with van der Waals surface area (Å²) in [6.45, 7) is 3.65. The number of aryl methyl sites for hydroxylation is 2. The second kappa shape index (κ2) is 6.23. The molecule has 5 heteroatoms. The maximum Gasteiger partial charge on any atom is 0.128 e. The van der Waals surface area contributed by atoms with E-state index in [-0.39, 0.29) is 0 Å². The molecule has 0 aliphatic rings. The summed E-state index contributed by atoms with van der Waals surface area (Å²) in [5, 5.41) is 0. The molecule has 114 valence electrons. The van der Waals surface area contributed by atoms with Crippen molar-refractivity contribution in [3.8, 4) is 0 Å². The van der Waals surface area contributed by atoms with Crippen molar-refractivity contribution in [2.24, 2.45) is 7.05 Å². The minimum absolute atomic E-state index is 0.788. The van der Waals surface area contributed by atoms with Crippen LogP contribution in [0, 0.1) is 0 Å². The average Bonchev–Trinajstić information content (AvgIpc) is 2.84. The Bertz CT molecular complexity index is 778. The van der Waals surface area contributed by atoms with E-state index in [1.165, 1.54) is 5.52 Å². The lowest BCUT2D eigenvalue weighted by Crippen LogP contribution is -2.20. The molecule has 0 N–H and O–H groups in total. The van der Waals surface area contributed by atoms with Gasteiger partial charge in [-0.3, -0.25) is 4.90 Å². The van der Waals surface area contributed by atoms with Gasteiger partial charge in [-0.2, -0.15) is 0 Å². The van der Waals surface area contributed by atoms with E-state index in [0.717, 1.165) is 42.4 Å². The molecule has 3 aromatic rings. The van der Waals surface area contributed by atoms with Crippen molar-refractivity contribution in [1.82, 2.24) is 24.4 Å². The highest BCUT2D eigenvalue weighted by atomic mass is 15.2. The zero-order valence-corrected chi connectivity index (χ0v) is 13.3. The predicted octanol–water partition coefficient (Wildman–Crippen LogP) is 2.56. The van der Waals surface area contributed by atoms with Crippen LogP contribution in [0.2, 0.25) is 0 Å². The van der Waals surface area contributed by atoms with Gasteiger partial charge in [0.15, 0.2) is 0 Å². The summed E-state index contributed by atoms with van der Waals surface area (Å²) in [6.07, 6.45) is 2.70. The lowest BCUT2D eigenvalue weighted by Gasteiger charge is -2.16. The first-order chi connectivity index (χ1) is 10.7. The monoisotopic (exact) mass is 295 g/mol. The summed E-state index contributed by atoms with van der Waals surface area (Å²) >= 11 is 0. The Morgan fingerprint density at radius 1 is 1.09 bits per heavy atom. The smallest absolute Gasteiger partial charge is 0.128 e. The van der Waals surface area contributed by atoms with Gasteiger partial charge < -0.3 is 4.57 Å². The van der Waals surface area contributed by atoms with Crippen LogP contribution in [0.5, 0.6) is 0 Å². The largest absolute Gasteiger partial charge is 0.330 e. The number of hydrogen-bond donors (Lipinski definition) is 0. The molecule has 0 amide bonds. The molecular formula is C17H21N5. The molecule has 0 fully saturated rings. The van der Waals surface area contributed by atoms with Gasteiger partial charge in [-0.25, -0.2) is 15.0 Å². The van der Waals surface area contributed by atoms with E-state index in [0.29, 0.717) is 0 Å². The molecule has 0 spiro atoms. The molecule has 2 aromatic heterocycles. The average molecular weight is 295 g/mol. The first-order valence-electron chi connectivity index (χ1n) is 7.57. The fourth-order valence-electron chi connectivity index (χ4n) is 2.61. The van der Waals surface area contributed by atoms with Crippen molar-refractivity contribution in [2.75, 3.05) is 7.05 Å². The topological polar surface area (TPSA) is 46.8 Å². The molecule has 1 aromatic carbocycles. The quantitative estimate of drug-likeness (QED) is 0.726. The van der Waals surface area contributed by atoms with Gasteiger partial charge in [0, 0.05) is 26.2 Å². The molecule has 0 saturated carbocycles. The number of rotatable bonds is 5. The first kappa shape index (κ1) is 14.7. The van der Waals surface area contributed by atoms with Gasteiger partial charge in [0.2, 0.25) is 0 Å². The van der Waals surface area contributed by atoms with Crippen molar-refractivity contribution in [3.63, 3.8) is 0 Å². The number of para-hydroxylation sites is 2. The Hall–Kier alpha value is -2.27. The van der Waals surface area contributed by atoms with Crippen LogP contribution in [0.1, 0.15) is 24.3 Å². The van der Waals surface area contributed by atoms with Crippen LogP contribution >= 0.6 is 0 Å². The second-order valence-corrected chi connectivity index (χ2v) is 5.57. The standard InChI is InChI=1S/C17H21N5/c1-4-16-18-10-9-13(19-16)11-21(2)12-17-20-14-7-5-6-8-15(14)22(17)3/h5-10H,4,11-12H2,1-3H3. The number of fused-ring (bicyclic) bond motifs is 1. The third-order valence-electron chi connectivity index (χ3n) is 3.80. The number of benzene rings is 1. The minimum atomic E-state index is 0.788. The summed E-state index contributed by atoms with van der Waals surface area (Å²) < 4.78 is 2.16. The summed E-state index contributed by atoms with van der Waals surface area (Å²) in [6, 6.07) is 10.2. The van der Waals surface area contributed by atoms with Crippen LogP contribution in [0.25, 0.3) is 11.0 Å². The molecule has 0 saturated heterocycles. The van der Waals surface area contributed by atoms with E-state index in [9.17, 15) is 0 Å². The van der Waals surface area contributed by atoms with Crippen LogP contribution < -0.4 is 0 Å². The van der Waals surface area contributed by atoms with E-state index in [1.54, 1.807) is 0 Å². The van der Waals surface area contributed by atoms with Gasteiger partial charge in [-0.15, -0.1) is 0 Å². The van der Waals surface area contributed by atoms with Crippen LogP contribution in [0.4, 0.5) is 0 Å². The van der Waals surface area contributed by atoms with E-state index in [4.69, 9.17) is 4.98 Å². The van der Waals surface area contributed by atoms with Crippen molar-refractivity contribution in [1.29, 1.82) is 0 Å². The molecule has 3 rings (SSSR count). The van der Waals surface area contributed by atoms with Gasteiger partial charge in [0.05, 0.1) is 23.3 Å². The Morgan fingerprint density at radius 2 is 1.91 bits per heavy atom. The van der Waals surface area contributed by atoms with Crippen LogP contribution in [0.15, 0.2) is 36.5 Å². The van der Waals surface area contributed by atoms with Crippen LogP contribution in [0.3, 0.4) is 0 Å². The fourth-order valence-corrected chi connectivity index (χ4v) is 2.61. The SMILES string of the molecule is CCc1nccc(CN(C)Cc2nc3ccccc3n2C)n1. The first-order valence-corrected chi connectivity index (χ1v) is 7.57. The number of imidazole rings is 1. The Balaban J connectivity index is 1.75. The van der Waals surface area contributed by atoms with E-state index in [1.807, 2.05) is 24.4 Å². The molecule has 0 aliphatic heterocycles. The highest BCUT2D eigenvalue weighted by Gasteiger charge is 2.10. The van der Waals surface area contributed by atoms with Gasteiger partial charge >= 0.3 is 0 Å². The van der Waals surface area contributed by atoms with Crippen LogP contribution in [-0.2, 0) is 26.6 Å². The summed E-state index contributed by atoms with van der Waals surface area (Å²) in [5.41, 5.74) is 3.26. The molecule has 5 nitrogen and oxygen atoms in total. The molecule has 0 radical (unpaired) electrons. The molecule has 0 atom stereocenters. The van der Waals surface area contributed by atoms with Gasteiger partial charge in [0.1, 0.15) is 11.6 Å². The highest BCUT2D eigenvalue weighted by Crippen LogP contribution is 2.15. The Labute approximate surface area is 130 Å². The predicted molar refractivity (Wildman–Crippen MR) is 87.3 cm³/mol. The maximum absolute atomic E-state index is 4.72. The molecule has 0 aliphatic carbocycles. The number of nitrogens with zero attached hydrogens (tertiary/aromatic N) is 5. The lowest BCUT2D eigenvalue weighted by atomic mass is 10.3. The van der Waals surface area contributed by atoms with E-state index in [2.05, 4.69) is 52.6 Å². The zero-order valence-electron chi connectivity index (χ0n) is 13.3. The molecule has 22 heavy (non-hydrogen) atoms. The third-order valence-corrected chi connectivity index (χ3v) is 3.80. The number of hydrogen-bond acceptors (Lipinski definition) is 4. The summed E-state index contributed by atoms with van der Waals surface area (Å²) in [7, 11) is 4.16. The van der Waals surface area contributed by atoms with Crippen molar-refractivity contribution < 1.29 is 0 Å². The summed E-state index contributed by atoms with van der Waals surface area (Å²) in [5.74, 6) is 1.96. The molecule has 0 unspecified atom stereocenters. The van der Waals surface area contributed by atoms with Crippen molar-refractivity contribution in [3.05, 3.63) is 53.9 Å². The summed E-state index contributed by atoms with van der Waals surface area (Å²) in [4.78, 5) is 15.7. The second-order valence-electron chi connectivity index (χ2n) is 5.57. The zero-order chi connectivity index (χ0) is 15.5. The highest BCUT2D eigenvalue weighted by molar-refractivity contribution is 5.75. The van der Waals surface area contributed by atoms with Gasteiger partial charge in [0.25, 0.3) is 0 Å². The number of aromatic nitrogens is 4. The van der Waals surface area contributed by atoms with Crippen molar-refractivity contribution >= 4 is 11.0 Å². The minimum Gasteiger partial charge on any atom is -0.330 e. The Morgan fingerprint density at radius 3 is 2.68 bits per heavy atom. The normalized spacial score (nSPS) is 11.5. The molecular weight excluding hydrogens is 274 g/mol. The maximum atomic E-state index is 4.72. The third kappa shape index (κ3) is 2.99. The molecule has 2 heterocycles. The Kier molecular flexibility index (Phi) is 4.15. The van der Waals surface area contributed by atoms with E-state index < -0.39 is 0 Å². The lowest BCUT2D eigenvalue weighted by molar-refractivity contribution is 0.303. The van der Waals surface area contributed by atoms with Gasteiger partial charge in [-0.1, -0.05) is 19.1 Å². The molecule has 0 bridgehead atoms. The fraction of sp³-hybridized carbons (Fsp3) is 0.353. The van der Waals surface area contributed by atoms with E-state index >= 15 is 0 Å². The van der Waals surface area contributed by atoms with Crippen molar-refractivity contribution in [2.45, 2.75) is 26.4 Å². The van der Waals surface area contributed by atoms with Crippen LogP contribution in [-0.4, -0.2) is 31.5 Å². The van der Waals surface area contributed by atoms with Gasteiger partial charge in [-0.05, 0) is 25.2 Å².